The van der Waals surface area contributed by atoms with Crippen LogP contribution >= 0.6 is 35.2 Å². The molecule has 0 atom stereocenters. The minimum absolute atomic E-state index is 0.233. The van der Waals surface area contributed by atoms with Gasteiger partial charge in [0.25, 0.3) is 5.91 Å². The number of thiophene rings is 1. The number of halogens is 1. The zero-order valence-electron chi connectivity index (χ0n) is 10.1. The summed E-state index contributed by atoms with van der Waals surface area (Å²) in [6, 6.07) is 7.08. The second-order valence-corrected chi connectivity index (χ2v) is 5.66. The van der Waals surface area contributed by atoms with Gasteiger partial charge in [-0.1, -0.05) is 36.0 Å². The molecule has 0 fully saturated rings. The lowest BCUT2D eigenvalue weighted by molar-refractivity contribution is 0.103. The van der Waals surface area contributed by atoms with Crippen molar-refractivity contribution in [3.05, 3.63) is 50.7 Å². The quantitative estimate of drug-likeness (QED) is 0.852. The van der Waals surface area contributed by atoms with Gasteiger partial charge in [0.15, 0.2) is 0 Å². The molecule has 0 aliphatic rings. The lowest BCUT2D eigenvalue weighted by atomic mass is 10.2. The molecule has 1 aromatic carbocycles. The Bertz CT molecular complexity index is 652. The van der Waals surface area contributed by atoms with Crippen LogP contribution in [0.15, 0.2) is 29.6 Å². The predicted octanol–water partition coefficient (Wildman–Crippen LogP) is 3.60. The molecule has 1 aromatic heterocycles. The van der Waals surface area contributed by atoms with Crippen molar-refractivity contribution in [1.82, 2.24) is 0 Å². The first kappa shape index (κ1) is 14.0. The van der Waals surface area contributed by atoms with Gasteiger partial charge < -0.3 is 11.1 Å². The highest BCUT2D eigenvalue weighted by molar-refractivity contribution is 7.80. The molecule has 3 N–H and O–H groups in total. The molecule has 6 heteroatoms. The van der Waals surface area contributed by atoms with Crippen LogP contribution < -0.4 is 11.1 Å². The zero-order chi connectivity index (χ0) is 14.0. The van der Waals surface area contributed by atoms with Gasteiger partial charge in [0.2, 0.25) is 0 Å². The maximum absolute atomic E-state index is 12.1. The van der Waals surface area contributed by atoms with Crippen LogP contribution in [-0.4, -0.2) is 10.9 Å². The summed E-state index contributed by atoms with van der Waals surface area (Å²) in [6.07, 6.45) is 0. The van der Waals surface area contributed by atoms with Crippen molar-refractivity contribution >= 4 is 51.7 Å². The first-order chi connectivity index (χ1) is 8.99. The van der Waals surface area contributed by atoms with E-state index in [9.17, 15) is 4.79 Å². The first-order valence-corrected chi connectivity index (χ1v) is 7.10. The summed E-state index contributed by atoms with van der Waals surface area (Å²) < 4.78 is 0. The number of nitrogens with two attached hydrogens (primary N) is 1. The molecule has 0 aliphatic carbocycles. The van der Waals surface area contributed by atoms with E-state index in [0.717, 1.165) is 5.56 Å². The van der Waals surface area contributed by atoms with E-state index in [2.05, 4.69) is 5.32 Å². The van der Waals surface area contributed by atoms with Gasteiger partial charge in [0, 0.05) is 11.3 Å². The van der Waals surface area contributed by atoms with Crippen molar-refractivity contribution in [3.8, 4) is 0 Å². The Balaban J connectivity index is 2.22. The van der Waals surface area contributed by atoms with Gasteiger partial charge in [-0.3, -0.25) is 4.79 Å². The Kier molecular flexibility index (Phi) is 4.19. The highest BCUT2D eigenvalue weighted by atomic mass is 35.5. The number of nitrogens with one attached hydrogen (secondary N) is 1. The Morgan fingerprint density at radius 1 is 1.47 bits per heavy atom. The van der Waals surface area contributed by atoms with Gasteiger partial charge in [0.05, 0.1) is 5.02 Å². The summed E-state index contributed by atoms with van der Waals surface area (Å²) in [5.41, 5.74) is 7.79. The van der Waals surface area contributed by atoms with Crippen LogP contribution in [-0.2, 0) is 0 Å². The molecule has 98 valence electrons. The number of carbonyl (C=O) groups excluding carboxylic acids is 1. The van der Waals surface area contributed by atoms with Crippen molar-refractivity contribution in [2.24, 2.45) is 5.73 Å². The van der Waals surface area contributed by atoms with E-state index in [1.807, 2.05) is 12.3 Å². The number of anilines is 1. The van der Waals surface area contributed by atoms with Gasteiger partial charge >= 0.3 is 0 Å². The molecule has 2 rings (SSSR count). The molecule has 0 saturated carbocycles. The molecule has 19 heavy (non-hydrogen) atoms. The second kappa shape index (κ2) is 5.69. The largest absolute Gasteiger partial charge is 0.389 e. The van der Waals surface area contributed by atoms with E-state index in [0.29, 0.717) is 26.1 Å². The summed E-state index contributed by atoms with van der Waals surface area (Å²) in [4.78, 5) is 12.9. The van der Waals surface area contributed by atoms with Crippen LogP contribution in [0.1, 0.15) is 20.8 Å². The van der Waals surface area contributed by atoms with Gasteiger partial charge in [-0.25, -0.2) is 0 Å². The Labute approximate surface area is 125 Å². The van der Waals surface area contributed by atoms with Crippen LogP contribution in [0.2, 0.25) is 5.02 Å². The number of thiocarbonyl (C=S) groups is 1. The smallest absolute Gasteiger partial charge is 0.267 e. The van der Waals surface area contributed by atoms with Gasteiger partial charge in [-0.2, -0.15) is 0 Å². The molecule has 2 aromatic rings. The van der Waals surface area contributed by atoms with E-state index in [1.54, 1.807) is 24.3 Å². The third kappa shape index (κ3) is 3.12. The molecule has 0 spiro atoms. The molecule has 0 aliphatic heterocycles. The minimum Gasteiger partial charge on any atom is -0.389 e. The number of hydrogen-bond donors (Lipinski definition) is 2. The summed E-state index contributed by atoms with van der Waals surface area (Å²) in [7, 11) is 0. The fourth-order valence-corrected chi connectivity index (χ4v) is 2.82. The maximum atomic E-state index is 12.1. The summed E-state index contributed by atoms with van der Waals surface area (Å²) in [5.74, 6) is -0.233. The van der Waals surface area contributed by atoms with E-state index < -0.39 is 0 Å². The van der Waals surface area contributed by atoms with E-state index in [4.69, 9.17) is 29.6 Å². The third-order valence-corrected chi connectivity index (χ3v) is 4.44. The minimum atomic E-state index is -0.233. The zero-order valence-corrected chi connectivity index (χ0v) is 12.5. The van der Waals surface area contributed by atoms with Crippen LogP contribution in [0.25, 0.3) is 0 Å². The number of amides is 1. The van der Waals surface area contributed by atoms with Crippen LogP contribution in [0.4, 0.5) is 5.69 Å². The lowest BCUT2D eigenvalue weighted by Gasteiger charge is -2.06. The average molecular weight is 311 g/mol. The highest BCUT2D eigenvalue weighted by Crippen LogP contribution is 2.27. The fraction of sp³-hybridized carbons (Fsp3) is 0.0769. The van der Waals surface area contributed by atoms with E-state index in [1.165, 1.54) is 11.3 Å². The van der Waals surface area contributed by atoms with Crippen LogP contribution in [0, 0.1) is 6.92 Å². The highest BCUT2D eigenvalue weighted by Gasteiger charge is 2.14. The Morgan fingerprint density at radius 3 is 2.79 bits per heavy atom. The van der Waals surface area contributed by atoms with E-state index in [-0.39, 0.29) is 5.91 Å². The summed E-state index contributed by atoms with van der Waals surface area (Å²) >= 11 is 12.3. The number of rotatable bonds is 3. The molecule has 3 nitrogen and oxygen atoms in total. The molecule has 0 saturated heterocycles. The SMILES string of the molecule is Cc1csc(C(=O)Nc2cccc(C(N)=S)c2)c1Cl. The third-order valence-electron chi connectivity index (χ3n) is 2.51. The van der Waals surface area contributed by atoms with Crippen LogP contribution in [0.3, 0.4) is 0 Å². The van der Waals surface area contributed by atoms with Crippen molar-refractivity contribution in [1.29, 1.82) is 0 Å². The predicted molar refractivity (Wildman–Crippen MR) is 84.3 cm³/mol. The molecule has 1 amide bonds. The number of benzene rings is 1. The first-order valence-electron chi connectivity index (χ1n) is 5.44. The van der Waals surface area contributed by atoms with Crippen molar-refractivity contribution in [2.45, 2.75) is 6.92 Å². The fourth-order valence-electron chi connectivity index (χ4n) is 1.52. The molecule has 0 unspecified atom stereocenters. The maximum Gasteiger partial charge on any atom is 0.267 e. The molecule has 0 radical (unpaired) electrons. The number of hydrogen-bond acceptors (Lipinski definition) is 3. The summed E-state index contributed by atoms with van der Waals surface area (Å²) in [5, 5.41) is 5.12. The standard InChI is InChI=1S/C13H11ClN2OS2/c1-7-6-19-11(10(7)14)13(17)16-9-4-2-3-8(5-9)12(15)18/h2-6H,1H3,(H2,15,18)(H,16,17). The van der Waals surface area contributed by atoms with Gasteiger partial charge in [-0.05, 0) is 30.0 Å². The van der Waals surface area contributed by atoms with Crippen LogP contribution in [0.5, 0.6) is 0 Å². The number of aryl methyl sites for hydroxylation is 1. The second-order valence-electron chi connectivity index (χ2n) is 3.96. The average Bonchev–Trinajstić information content (AvgIpc) is 2.70. The van der Waals surface area contributed by atoms with E-state index >= 15 is 0 Å². The van der Waals surface area contributed by atoms with Crippen molar-refractivity contribution in [2.75, 3.05) is 5.32 Å². The monoisotopic (exact) mass is 310 g/mol. The number of carbonyl (C=O) groups is 1. The molecular weight excluding hydrogens is 300 g/mol. The topological polar surface area (TPSA) is 55.1 Å². The molecule has 1 heterocycles. The van der Waals surface area contributed by atoms with Crippen molar-refractivity contribution < 1.29 is 4.79 Å². The van der Waals surface area contributed by atoms with Crippen molar-refractivity contribution in [3.63, 3.8) is 0 Å². The van der Waals surface area contributed by atoms with Gasteiger partial charge in [0.1, 0.15) is 9.87 Å². The lowest BCUT2D eigenvalue weighted by Crippen LogP contribution is -2.13. The molecule has 0 bridgehead atoms. The normalized spacial score (nSPS) is 10.2. The molecular formula is C13H11ClN2OS2. The summed E-state index contributed by atoms with van der Waals surface area (Å²) in [6.45, 7) is 1.86. The Morgan fingerprint density at radius 2 is 2.21 bits per heavy atom. The Hall–Kier alpha value is -1.43. The van der Waals surface area contributed by atoms with Gasteiger partial charge in [-0.15, -0.1) is 11.3 Å².